The summed E-state index contributed by atoms with van der Waals surface area (Å²) in [6.45, 7) is 1.86. The normalized spacial score (nSPS) is 15.9. The average Bonchev–Trinajstić information content (AvgIpc) is 2.64. The third-order valence-corrected chi connectivity index (χ3v) is 6.27. The van der Waals surface area contributed by atoms with E-state index in [2.05, 4.69) is 10.3 Å². The summed E-state index contributed by atoms with van der Waals surface area (Å²) in [5.74, 6) is 0.509. The fraction of sp³-hybridized carbons (Fsp3) is 0.389. The minimum absolute atomic E-state index is 0.240. The largest absolute Gasteiger partial charge is 0.274 e. The highest BCUT2D eigenvalue weighted by Crippen LogP contribution is 2.19. The van der Waals surface area contributed by atoms with Crippen LogP contribution < -0.4 is 10.3 Å². The fourth-order valence-corrected chi connectivity index (χ4v) is 4.41. The van der Waals surface area contributed by atoms with E-state index in [4.69, 9.17) is 0 Å². The number of benzene rings is 1. The molecule has 0 saturated carbocycles. The molecule has 2 N–H and O–H groups in total. The van der Waals surface area contributed by atoms with Gasteiger partial charge in [-0.15, -0.1) is 0 Å². The number of nitrogens with zero attached hydrogens (tertiary/aromatic N) is 1. The van der Waals surface area contributed by atoms with Crippen molar-refractivity contribution in [2.24, 2.45) is 0 Å². The van der Waals surface area contributed by atoms with E-state index >= 15 is 0 Å². The van der Waals surface area contributed by atoms with Crippen LogP contribution in [0, 0.1) is 5.82 Å². The average molecular weight is 364 g/mol. The number of aromatic amines is 1. The van der Waals surface area contributed by atoms with Crippen molar-refractivity contribution < 1.29 is 17.8 Å². The summed E-state index contributed by atoms with van der Waals surface area (Å²) < 4.78 is 39.6. The first-order chi connectivity index (χ1) is 12.1. The molecule has 0 unspecified atom stereocenters. The number of halogens is 1. The minimum Gasteiger partial charge on any atom is -0.274 e. The van der Waals surface area contributed by atoms with Crippen LogP contribution in [0.25, 0.3) is 0 Å². The molecule has 25 heavy (non-hydrogen) atoms. The third kappa shape index (κ3) is 4.55. The molecule has 1 aromatic carbocycles. The Hall–Kier alpha value is -1.99. The Labute approximate surface area is 147 Å². The second-order valence-corrected chi connectivity index (χ2v) is 8.14. The first-order valence-corrected chi connectivity index (χ1v) is 10.00. The van der Waals surface area contributed by atoms with E-state index in [1.807, 2.05) is 0 Å². The van der Waals surface area contributed by atoms with E-state index in [1.165, 1.54) is 18.3 Å². The molecule has 0 radical (unpaired) electrons. The summed E-state index contributed by atoms with van der Waals surface area (Å²) in [6.07, 6.45) is 5.22. The molecule has 1 aromatic heterocycles. The van der Waals surface area contributed by atoms with Gasteiger partial charge in [0.2, 0.25) is 10.0 Å². The fourth-order valence-electron chi connectivity index (χ4n) is 2.93. The molecule has 1 fully saturated rings. The van der Waals surface area contributed by atoms with Crippen molar-refractivity contribution in [2.45, 2.75) is 30.6 Å². The number of hydrogen-bond donors (Lipinski definition) is 1. The maximum Gasteiger partial charge on any atom is 0.272 e. The lowest BCUT2D eigenvalue weighted by molar-refractivity contribution is -0.364. The Bertz CT molecular complexity index is 786. The molecule has 0 atom stereocenters. The van der Waals surface area contributed by atoms with Gasteiger partial charge in [0.1, 0.15) is 16.9 Å². The van der Waals surface area contributed by atoms with Gasteiger partial charge in [-0.05, 0) is 36.6 Å². The van der Waals surface area contributed by atoms with Gasteiger partial charge >= 0.3 is 0 Å². The van der Waals surface area contributed by atoms with Crippen molar-refractivity contribution in [3.05, 3.63) is 54.0 Å². The Morgan fingerprint density at radius 2 is 1.76 bits per heavy atom. The lowest BCUT2D eigenvalue weighted by Gasteiger charge is -2.25. The van der Waals surface area contributed by atoms with Crippen molar-refractivity contribution in [2.75, 3.05) is 25.0 Å². The van der Waals surface area contributed by atoms with Crippen LogP contribution in [0.15, 0.2) is 47.5 Å². The number of anilines is 1. The zero-order chi connectivity index (χ0) is 17.7. The molecule has 7 heteroatoms. The monoisotopic (exact) mass is 364 g/mol. The number of sulfonamides is 1. The van der Waals surface area contributed by atoms with E-state index in [0.29, 0.717) is 24.5 Å². The molecule has 0 spiro atoms. The van der Waals surface area contributed by atoms with Gasteiger partial charge in [0.15, 0.2) is 0 Å². The smallest absolute Gasteiger partial charge is 0.272 e. The molecule has 1 aliphatic rings. The van der Waals surface area contributed by atoms with Crippen LogP contribution >= 0.6 is 0 Å². The molecule has 1 saturated heterocycles. The van der Waals surface area contributed by atoms with Gasteiger partial charge in [0.25, 0.3) is 5.82 Å². The summed E-state index contributed by atoms with van der Waals surface area (Å²) in [7, 11) is -3.41. The van der Waals surface area contributed by atoms with E-state index in [1.54, 1.807) is 28.6 Å². The maximum absolute atomic E-state index is 12.9. The molecule has 2 heterocycles. The predicted molar refractivity (Wildman–Crippen MR) is 94.2 cm³/mol. The van der Waals surface area contributed by atoms with E-state index < -0.39 is 10.0 Å². The van der Waals surface area contributed by atoms with Crippen LogP contribution in [-0.4, -0.2) is 32.4 Å². The number of rotatable bonds is 6. The lowest BCUT2D eigenvalue weighted by atomic mass is 10.1. The molecule has 5 nitrogen and oxygen atoms in total. The van der Waals surface area contributed by atoms with Gasteiger partial charge in [-0.2, -0.15) is 4.31 Å². The molecule has 134 valence electrons. The second kappa shape index (κ2) is 7.93. The van der Waals surface area contributed by atoms with Gasteiger partial charge in [-0.1, -0.05) is 18.6 Å². The molecular weight excluding hydrogens is 341 g/mol. The Morgan fingerprint density at radius 1 is 1.04 bits per heavy atom. The number of H-pyrrole nitrogens is 1. The molecule has 0 amide bonds. The number of piperidine rings is 1. The molecular formula is C18H23FN3O2S+. The molecule has 2 aromatic rings. The van der Waals surface area contributed by atoms with Crippen molar-refractivity contribution in [3.63, 3.8) is 0 Å². The van der Waals surface area contributed by atoms with Gasteiger partial charge < -0.3 is 0 Å². The second-order valence-electron chi connectivity index (χ2n) is 6.21. The van der Waals surface area contributed by atoms with Crippen LogP contribution in [0.5, 0.6) is 0 Å². The highest BCUT2D eigenvalue weighted by molar-refractivity contribution is 7.89. The Balaban J connectivity index is 1.57. The molecule has 3 rings (SSSR count). The number of nitrogens with one attached hydrogen (secondary N) is 2. The zero-order valence-electron chi connectivity index (χ0n) is 14.0. The SMILES string of the molecule is O=S(=O)(c1ccc(NCCc2ccc(F)cc2)[nH+]c1)N1CCCCC1. The van der Waals surface area contributed by atoms with E-state index in [-0.39, 0.29) is 5.82 Å². The van der Waals surface area contributed by atoms with Crippen LogP contribution in [-0.2, 0) is 16.4 Å². The first-order valence-electron chi connectivity index (χ1n) is 8.56. The number of hydrogen-bond acceptors (Lipinski definition) is 3. The lowest BCUT2D eigenvalue weighted by Crippen LogP contribution is -2.36. The summed E-state index contributed by atoms with van der Waals surface area (Å²) in [6, 6.07) is 9.77. The van der Waals surface area contributed by atoms with Gasteiger partial charge in [-0.3, -0.25) is 5.32 Å². The van der Waals surface area contributed by atoms with Crippen LogP contribution in [0.1, 0.15) is 24.8 Å². The highest BCUT2D eigenvalue weighted by Gasteiger charge is 2.26. The molecule has 1 aliphatic heterocycles. The molecule has 0 aliphatic carbocycles. The van der Waals surface area contributed by atoms with Crippen molar-refractivity contribution >= 4 is 15.8 Å². The van der Waals surface area contributed by atoms with Crippen LogP contribution in [0.3, 0.4) is 0 Å². The number of aromatic nitrogens is 1. The van der Waals surface area contributed by atoms with Crippen LogP contribution in [0.4, 0.5) is 10.2 Å². The van der Waals surface area contributed by atoms with Crippen LogP contribution in [0.2, 0.25) is 0 Å². The van der Waals surface area contributed by atoms with Gasteiger partial charge in [-0.25, -0.2) is 17.8 Å². The number of pyridine rings is 1. The Morgan fingerprint density at radius 3 is 2.40 bits per heavy atom. The summed E-state index contributed by atoms with van der Waals surface area (Å²) in [5, 5.41) is 3.21. The summed E-state index contributed by atoms with van der Waals surface area (Å²) in [5.41, 5.74) is 1.04. The van der Waals surface area contributed by atoms with Gasteiger partial charge in [0, 0.05) is 25.6 Å². The minimum atomic E-state index is -3.41. The van der Waals surface area contributed by atoms with E-state index in [0.717, 1.165) is 37.1 Å². The Kier molecular flexibility index (Phi) is 5.65. The van der Waals surface area contributed by atoms with Crippen molar-refractivity contribution in [1.82, 2.24) is 4.31 Å². The summed E-state index contributed by atoms with van der Waals surface area (Å²) in [4.78, 5) is 3.29. The zero-order valence-corrected chi connectivity index (χ0v) is 14.9. The standard InChI is InChI=1S/C18H22FN3O2S/c19-16-6-4-15(5-7-16)10-11-20-18-9-8-17(14-21-18)25(23,24)22-12-2-1-3-13-22/h4-9,14H,1-3,10-13H2,(H,20,21)/p+1. The first kappa shape index (κ1) is 17.8. The van der Waals surface area contributed by atoms with Crippen molar-refractivity contribution in [1.29, 1.82) is 0 Å². The summed E-state index contributed by atoms with van der Waals surface area (Å²) >= 11 is 0. The van der Waals surface area contributed by atoms with E-state index in [9.17, 15) is 12.8 Å². The topological polar surface area (TPSA) is 63.6 Å². The third-order valence-electron chi connectivity index (χ3n) is 4.38. The highest BCUT2D eigenvalue weighted by atomic mass is 32.2. The maximum atomic E-state index is 12.9. The quantitative estimate of drug-likeness (QED) is 0.856. The molecule has 0 bridgehead atoms. The van der Waals surface area contributed by atoms with Gasteiger partial charge in [0.05, 0.1) is 6.54 Å². The van der Waals surface area contributed by atoms with Crippen molar-refractivity contribution in [3.8, 4) is 0 Å². The predicted octanol–water partition coefficient (Wildman–Crippen LogP) is 2.47.